The summed E-state index contributed by atoms with van der Waals surface area (Å²) in [4.78, 5) is 0. The minimum absolute atomic E-state index is 0.863. The van der Waals surface area contributed by atoms with Crippen molar-refractivity contribution in [1.82, 2.24) is 0 Å². The van der Waals surface area contributed by atoms with Crippen LogP contribution in [0.5, 0.6) is 0 Å². The molecule has 0 aliphatic heterocycles. The second-order valence-corrected chi connectivity index (χ2v) is 11.9. The molecule has 0 nitrogen and oxygen atoms in total. The molecule has 0 spiro atoms. The Hall–Kier alpha value is -0.0431. The highest BCUT2D eigenvalue weighted by Crippen LogP contribution is 2.48. The van der Waals surface area contributed by atoms with E-state index in [4.69, 9.17) is 0 Å². The lowest BCUT2D eigenvalue weighted by atomic mass is 9.93. The Morgan fingerprint density at radius 3 is 2.64 bits per heavy atom. The molecular weight excluding hydrogens is 184 g/mol. The minimum Gasteiger partial charge on any atom is -0.0882 e. The first-order valence-electron chi connectivity index (χ1n) is 6.24. The van der Waals surface area contributed by atoms with Crippen LogP contribution in [0.3, 0.4) is 0 Å². The average molecular weight is 208 g/mol. The second kappa shape index (κ2) is 3.84. The molecule has 0 bridgehead atoms. The summed E-state index contributed by atoms with van der Waals surface area (Å²) < 4.78 is 0. The van der Waals surface area contributed by atoms with Crippen LogP contribution < -0.4 is 0 Å². The molecule has 0 aromatic carbocycles. The average Bonchev–Trinajstić information content (AvgIpc) is 2.38. The van der Waals surface area contributed by atoms with Gasteiger partial charge in [-0.1, -0.05) is 31.8 Å². The molecule has 1 fully saturated rings. The molecule has 3 atom stereocenters. The van der Waals surface area contributed by atoms with Crippen molar-refractivity contribution in [2.24, 2.45) is 11.8 Å². The number of hydrogen-bond donors (Lipinski definition) is 0. The Morgan fingerprint density at radius 1 is 1.14 bits per heavy atom. The molecule has 1 saturated carbocycles. The van der Waals surface area contributed by atoms with Crippen molar-refractivity contribution in [2.45, 2.75) is 57.3 Å². The first kappa shape index (κ1) is 10.5. The maximum atomic E-state index is 2.55. The lowest BCUT2D eigenvalue weighted by Crippen LogP contribution is -2.26. The van der Waals surface area contributed by atoms with Crippen molar-refractivity contribution >= 4 is 8.07 Å². The van der Waals surface area contributed by atoms with Gasteiger partial charge in [0, 0.05) is 8.07 Å². The zero-order chi connectivity index (χ0) is 10.2. The Kier molecular flexibility index (Phi) is 2.87. The third kappa shape index (κ3) is 2.13. The lowest BCUT2D eigenvalue weighted by molar-refractivity contribution is 0.426. The van der Waals surface area contributed by atoms with Crippen LogP contribution in [0.1, 0.15) is 32.1 Å². The van der Waals surface area contributed by atoms with Gasteiger partial charge in [-0.25, -0.2) is 0 Å². The summed E-state index contributed by atoms with van der Waals surface area (Å²) in [6.07, 6.45) is 12.3. The van der Waals surface area contributed by atoms with Gasteiger partial charge in [-0.05, 0) is 49.5 Å². The third-order valence-electron chi connectivity index (χ3n) is 4.30. The van der Waals surface area contributed by atoms with E-state index in [0.717, 1.165) is 17.4 Å². The minimum atomic E-state index is -0.863. The molecule has 1 heteroatoms. The molecule has 0 N–H and O–H groups in total. The largest absolute Gasteiger partial charge is 0.0882 e. The van der Waals surface area contributed by atoms with Crippen LogP contribution in [-0.4, -0.2) is 8.07 Å². The van der Waals surface area contributed by atoms with Gasteiger partial charge < -0.3 is 0 Å². The van der Waals surface area contributed by atoms with Crippen molar-refractivity contribution in [3.8, 4) is 0 Å². The van der Waals surface area contributed by atoms with E-state index in [1.807, 2.05) is 0 Å². The van der Waals surface area contributed by atoms with Crippen LogP contribution in [0.4, 0.5) is 0 Å². The molecule has 0 aromatic heterocycles. The first-order valence-corrected chi connectivity index (χ1v) is 9.82. The van der Waals surface area contributed by atoms with Crippen LogP contribution in [-0.2, 0) is 0 Å². The van der Waals surface area contributed by atoms with Crippen molar-refractivity contribution in [3.05, 3.63) is 12.2 Å². The van der Waals surface area contributed by atoms with Crippen LogP contribution >= 0.6 is 0 Å². The van der Waals surface area contributed by atoms with E-state index >= 15 is 0 Å². The molecule has 2 rings (SSSR count). The molecular formula is C13H24Si. The third-order valence-corrected chi connectivity index (χ3v) is 7.22. The topological polar surface area (TPSA) is 0 Å². The summed E-state index contributed by atoms with van der Waals surface area (Å²) in [7, 11) is -0.863. The molecule has 14 heavy (non-hydrogen) atoms. The number of allylic oxidation sites excluding steroid dienone is 2. The Bertz CT molecular complexity index is 224. The maximum absolute atomic E-state index is 2.55. The van der Waals surface area contributed by atoms with E-state index in [2.05, 4.69) is 31.8 Å². The van der Waals surface area contributed by atoms with Crippen molar-refractivity contribution in [3.63, 3.8) is 0 Å². The second-order valence-electron chi connectivity index (χ2n) is 6.32. The van der Waals surface area contributed by atoms with Gasteiger partial charge in [0.25, 0.3) is 0 Å². The van der Waals surface area contributed by atoms with E-state index in [1.54, 1.807) is 6.42 Å². The summed E-state index contributed by atoms with van der Waals surface area (Å²) in [5.41, 5.74) is 1.10. The molecule has 2 aliphatic rings. The first-order chi connectivity index (χ1) is 6.57. The zero-order valence-electron chi connectivity index (χ0n) is 9.92. The molecule has 80 valence electrons. The highest BCUT2D eigenvalue weighted by atomic mass is 28.3. The standard InChI is InChI=1S/C13H24Si/c1-14(2,3)13-9-11-7-5-4-6-8-12(11)10-13/h5,7,11-13H,4,6,8-10H2,1-3H3. The van der Waals surface area contributed by atoms with Gasteiger partial charge in [-0.2, -0.15) is 0 Å². The van der Waals surface area contributed by atoms with Gasteiger partial charge in [-0.3, -0.25) is 0 Å². The Balaban J connectivity index is 2.05. The predicted molar refractivity (Wildman–Crippen MR) is 66.3 cm³/mol. The number of hydrogen-bond acceptors (Lipinski definition) is 0. The summed E-state index contributed by atoms with van der Waals surface area (Å²) >= 11 is 0. The van der Waals surface area contributed by atoms with Crippen LogP contribution in [0.2, 0.25) is 25.2 Å². The number of fused-ring (bicyclic) bond motifs is 1. The number of rotatable bonds is 1. The van der Waals surface area contributed by atoms with Gasteiger partial charge >= 0.3 is 0 Å². The van der Waals surface area contributed by atoms with E-state index < -0.39 is 8.07 Å². The fourth-order valence-electron chi connectivity index (χ4n) is 3.20. The van der Waals surface area contributed by atoms with Crippen LogP contribution in [0.15, 0.2) is 12.2 Å². The molecule has 0 amide bonds. The smallest absolute Gasteiger partial charge is 0.0474 e. The maximum Gasteiger partial charge on any atom is 0.0474 e. The molecule has 0 aromatic rings. The molecule has 0 heterocycles. The summed E-state index contributed by atoms with van der Waals surface area (Å²) in [5.74, 6) is 2.00. The van der Waals surface area contributed by atoms with E-state index in [0.29, 0.717) is 0 Å². The summed E-state index contributed by atoms with van der Waals surface area (Å²) in [5, 5.41) is 0. The molecule has 0 saturated heterocycles. The van der Waals surface area contributed by atoms with E-state index in [9.17, 15) is 0 Å². The fourth-order valence-corrected chi connectivity index (χ4v) is 5.19. The quantitative estimate of drug-likeness (QED) is 0.441. The van der Waals surface area contributed by atoms with Gasteiger partial charge in [-0.15, -0.1) is 0 Å². The van der Waals surface area contributed by atoms with Crippen LogP contribution in [0, 0.1) is 11.8 Å². The Labute approximate surface area is 89.8 Å². The SMILES string of the molecule is C[Si](C)(C)C1CC2C=CCCCC2C1. The summed E-state index contributed by atoms with van der Waals surface area (Å²) in [6.45, 7) is 7.64. The lowest BCUT2D eigenvalue weighted by Gasteiger charge is -2.24. The van der Waals surface area contributed by atoms with Gasteiger partial charge in [0.15, 0.2) is 0 Å². The monoisotopic (exact) mass is 208 g/mol. The molecule has 3 unspecified atom stereocenters. The molecule has 0 radical (unpaired) electrons. The van der Waals surface area contributed by atoms with Crippen molar-refractivity contribution < 1.29 is 0 Å². The Morgan fingerprint density at radius 2 is 1.93 bits per heavy atom. The van der Waals surface area contributed by atoms with Gasteiger partial charge in [0.05, 0.1) is 0 Å². The summed E-state index contributed by atoms with van der Waals surface area (Å²) in [6, 6.07) is 0. The van der Waals surface area contributed by atoms with E-state index in [1.165, 1.54) is 25.7 Å². The van der Waals surface area contributed by atoms with Gasteiger partial charge in [0.1, 0.15) is 0 Å². The van der Waals surface area contributed by atoms with E-state index in [-0.39, 0.29) is 0 Å². The molecule has 2 aliphatic carbocycles. The van der Waals surface area contributed by atoms with Crippen LogP contribution in [0.25, 0.3) is 0 Å². The fraction of sp³-hybridized carbons (Fsp3) is 0.846. The van der Waals surface area contributed by atoms with Crippen molar-refractivity contribution in [2.75, 3.05) is 0 Å². The normalized spacial score (nSPS) is 38.1. The highest BCUT2D eigenvalue weighted by molar-refractivity contribution is 6.77. The van der Waals surface area contributed by atoms with Crippen molar-refractivity contribution in [1.29, 1.82) is 0 Å². The predicted octanol–water partition coefficient (Wildman–Crippen LogP) is 4.46. The van der Waals surface area contributed by atoms with Gasteiger partial charge in [0.2, 0.25) is 0 Å². The highest BCUT2D eigenvalue weighted by Gasteiger charge is 2.39. The zero-order valence-corrected chi connectivity index (χ0v) is 10.9.